The molecule has 0 aliphatic heterocycles. The minimum Gasteiger partial charge on any atom is -0.397 e. The fraction of sp³-hybridized carbons (Fsp3) is 0. The average molecular weight is 286 g/mol. The first-order chi connectivity index (χ1) is 8.15. The predicted molar refractivity (Wildman–Crippen MR) is 68.5 cm³/mol. The van der Waals surface area contributed by atoms with E-state index in [4.69, 9.17) is 28.9 Å². The molecule has 3 aromatic rings. The van der Waals surface area contributed by atoms with E-state index >= 15 is 0 Å². The molecule has 0 aliphatic carbocycles. The van der Waals surface area contributed by atoms with Crippen LogP contribution in [0.15, 0.2) is 18.5 Å². The fourth-order valence-electron chi connectivity index (χ4n) is 1.43. The lowest BCUT2D eigenvalue weighted by Crippen LogP contribution is -1.92. The second-order valence-electron chi connectivity index (χ2n) is 3.31. The monoisotopic (exact) mass is 285 g/mol. The Bertz CT molecular complexity index is 676. The maximum absolute atomic E-state index is 5.97. The molecule has 3 rings (SSSR count). The van der Waals surface area contributed by atoms with Gasteiger partial charge in [-0.15, -0.1) is 10.2 Å². The van der Waals surface area contributed by atoms with E-state index < -0.39 is 0 Å². The Labute approximate surface area is 110 Å². The van der Waals surface area contributed by atoms with E-state index in [0.29, 0.717) is 31.3 Å². The van der Waals surface area contributed by atoms with Gasteiger partial charge >= 0.3 is 0 Å². The van der Waals surface area contributed by atoms with Gasteiger partial charge in [-0.05, 0) is 12.1 Å². The van der Waals surface area contributed by atoms with Crippen LogP contribution in [0.3, 0.4) is 0 Å². The number of nitrogens with zero attached hydrogens (tertiary/aromatic N) is 4. The Morgan fingerprint density at radius 1 is 1.29 bits per heavy atom. The molecule has 2 N–H and O–H groups in total. The molecule has 0 saturated carbocycles. The predicted octanol–water partition coefficient (Wildman–Crippen LogP) is 2.74. The Kier molecular flexibility index (Phi) is 2.43. The number of anilines is 1. The Balaban J connectivity index is 2.24. The lowest BCUT2D eigenvalue weighted by Gasteiger charge is -2.04. The van der Waals surface area contributed by atoms with Crippen LogP contribution in [-0.2, 0) is 0 Å². The Morgan fingerprint density at radius 3 is 2.88 bits per heavy atom. The van der Waals surface area contributed by atoms with Crippen LogP contribution in [-0.4, -0.2) is 19.8 Å². The van der Waals surface area contributed by atoms with E-state index in [1.807, 2.05) is 0 Å². The molecule has 0 atom stereocenters. The molecule has 2 aromatic heterocycles. The zero-order valence-corrected chi connectivity index (χ0v) is 10.6. The summed E-state index contributed by atoms with van der Waals surface area (Å²) in [5, 5.41) is 13.6. The van der Waals surface area contributed by atoms with Gasteiger partial charge in [-0.25, -0.2) is 0 Å². The quantitative estimate of drug-likeness (QED) is 0.698. The van der Waals surface area contributed by atoms with Gasteiger partial charge in [0.1, 0.15) is 11.3 Å². The van der Waals surface area contributed by atoms with Crippen molar-refractivity contribution in [2.24, 2.45) is 0 Å². The van der Waals surface area contributed by atoms with Crippen LogP contribution in [0.5, 0.6) is 0 Å². The molecule has 17 heavy (non-hydrogen) atoms. The van der Waals surface area contributed by atoms with Crippen molar-refractivity contribution in [1.29, 1.82) is 0 Å². The Morgan fingerprint density at radius 2 is 2.12 bits per heavy atom. The minimum atomic E-state index is 0.415. The van der Waals surface area contributed by atoms with Crippen molar-refractivity contribution in [3.05, 3.63) is 28.5 Å². The molecular formula is C9H5Cl2N5S. The van der Waals surface area contributed by atoms with E-state index in [-0.39, 0.29) is 0 Å². The summed E-state index contributed by atoms with van der Waals surface area (Å²) >= 11 is 13.3. The van der Waals surface area contributed by atoms with Crippen molar-refractivity contribution in [2.45, 2.75) is 0 Å². The molecule has 2 heterocycles. The molecule has 8 heteroatoms. The summed E-state index contributed by atoms with van der Waals surface area (Å²) < 4.78 is 1.58. The SMILES string of the molecule is Nc1c(Cl)cc(Cl)cc1-c1nn2cnnc2s1. The maximum atomic E-state index is 5.97. The summed E-state index contributed by atoms with van der Waals surface area (Å²) in [5.41, 5.74) is 7.07. The van der Waals surface area contributed by atoms with Gasteiger partial charge < -0.3 is 5.73 Å². The number of fused-ring (bicyclic) bond motifs is 1. The van der Waals surface area contributed by atoms with Crippen molar-refractivity contribution >= 4 is 45.2 Å². The lowest BCUT2D eigenvalue weighted by atomic mass is 10.2. The fourth-order valence-corrected chi connectivity index (χ4v) is 2.77. The van der Waals surface area contributed by atoms with Crippen molar-refractivity contribution in [1.82, 2.24) is 19.8 Å². The molecule has 0 bridgehead atoms. The third-order valence-electron chi connectivity index (χ3n) is 2.21. The highest BCUT2D eigenvalue weighted by atomic mass is 35.5. The molecular weight excluding hydrogens is 281 g/mol. The van der Waals surface area contributed by atoms with E-state index in [1.165, 1.54) is 17.7 Å². The van der Waals surface area contributed by atoms with E-state index in [0.717, 1.165) is 0 Å². The number of nitrogen functional groups attached to an aromatic ring is 1. The van der Waals surface area contributed by atoms with Crippen molar-refractivity contribution in [3.63, 3.8) is 0 Å². The van der Waals surface area contributed by atoms with Gasteiger partial charge in [0.05, 0.1) is 10.7 Å². The van der Waals surface area contributed by atoms with Crippen LogP contribution in [0.25, 0.3) is 15.5 Å². The summed E-state index contributed by atoms with van der Waals surface area (Å²) in [6.07, 6.45) is 1.53. The molecule has 0 spiro atoms. The number of halogens is 2. The molecule has 0 radical (unpaired) electrons. The van der Waals surface area contributed by atoms with E-state index in [1.54, 1.807) is 16.6 Å². The molecule has 0 unspecified atom stereocenters. The highest BCUT2D eigenvalue weighted by Crippen LogP contribution is 2.36. The highest BCUT2D eigenvalue weighted by Gasteiger charge is 2.13. The standard InChI is InChI=1S/C9H5Cl2N5S/c10-4-1-5(7(12)6(11)2-4)8-15-16-3-13-14-9(16)17-8/h1-3H,12H2. The normalized spacial score (nSPS) is 11.2. The first kappa shape index (κ1) is 10.8. The summed E-state index contributed by atoms with van der Waals surface area (Å²) in [6, 6.07) is 3.33. The van der Waals surface area contributed by atoms with Gasteiger partial charge in [0.25, 0.3) is 0 Å². The van der Waals surface area contributed by atoms with Gasteiger partial charge in [0.2, 0.25) is 4.96 Å². The highest BCUT2D eigenvalue weighted by molar-refractivity contribution is 7.19. The molecule has 0 aliphatic rings. The van der Waals surface area contributed by atoms with Crippen LogP contribution in [0.2, 0.25) is 10.0 Å². The van der Waals surface area contributed by atoms with Crippen molar-refractivity contribution in [3.8, 4) is 10.6 Å². The first-order valence-corrected chi connectivity index (χ1v) is 6.14. The van der Waals surface area contributed by atoms with Crippen LogP contribution >= 0.6 is 34.5 Å². The molecule has 0 fully saturated rings. The largest absolute Gasteiger partial charge is 0.397 e. The average Bonchev–Trinajstić information content (AvgIpc) is 2.83. The molecule has 5 nitrogen and oxygen atoms in total. The van der Waals surface area contributed by atoms with Crippen molar-refractivity contribution < 1.29 is 0 Å². The van der Waals surface area contributed by atoms with Gasteiger partial charge in [-0.2, -0.15) is 9.61 Å². The summed E-state index contributed by atoms with van der Waals surface area (Å²) in [6.45, 7) is 0. The number of aromatic nitrogens is 4. The van der Waals surface area contributed by atoms with E-state index in [9.17, 15) is 0 Å². The Hall–Kier alpha value is -1.37. The summed E-state index contributed by atoms with van der Waals surface area (Å²) in [4.78, 5) is 0.690. The zero-order valence-electron chi connectivity index (χ0n) is 8.26. The smallest absolute Gasteiger partial charge is 0.234 e. The number of benzene rings is 1. The third kappa shape index (κ3) is 1.74. The number of hydrogen-bond donors (Lipinski definition) is 1. The minimum absolute atomic E-state index is 0.415. The summed E-state index contributed by atoms with van der Waals surface area (Å²) in [5.74, 6) is 0. The van der Waals surface area contributed by atoms with Crippen LogP contribution in [0.4, 0.5) is 5.69 Å². The maximum Gasteiger partial charge on any atom is 0.234 e. The van der Waals surface area contributed by atoms with Crippen LogP contribution in [0.1, 0.15) is 0 Å². The van der Waals surface area contributed by atoms with Gasteiger partial charge in [0, 0.05) is 10.6 Å². The molecule has 1 aromatic carbocycles. The number of rotatable bonds is 1. The van der Waals surface area contributed by atoms with Crippen molar-refractivity contribution in [2.75, 3.05) is 5.73 Å². The van der Waals surface area contributed by atoms with Gasteiger partial charge in [0.15, 0.2) is 0 Å². The number of nitrogens with two attached hydrogens (primary N) is 1. The first-order valence-electron chi connectivity index (χ1n) is 4.57. The second kappa shape index (κ2) is 3.83. The second-order valence-corrected chi connectivity index (χ2v) is 5.11. The summed E-state index contributed by atoms with van der Waals surface area (Å²) in [7, 11) is 0. The molecule has 0 saturated heterocycles. The van der Waals surface area contributed by atoms with Crippen LogP contribution in [0, 0.1) is 0 Å². The van der Waals surface area contributed by atoms with Gasteiger partial charge in [-0.3, -0.25) is 0 Å². The zero-order chi connectivity index (χ0) is 12.0. The van der Waals surface area contributed by atoms with Gasteiger partial charge in [-0.1, -0.05) is 34.5 Å². The van der Waals surface area contributed by atoms with E-state index in [2.05, 4.69) is 15.3 Å². The van der Waals surface area contributed by atoms with Crippen LogP contribution < -0.4 is 5.73 Å². The third-order valence-corrected chi connectivity index (χ3v) is 3.69. The lowest BCUT2D eigenvalue weighted by molar-refractivity contribution is 0.960. The number of hydrogen-bond acceptors (Lipinski definition) is 5. The molecule has 86 valence electrons. The topological polar surface area (TPSA) is 69.1 Å². The molecule has 0 amide bonds.